The van der Waals surface area contributed by atoms with E-state index in [0.29, 0.717) is 6.10 Å². The number of nitrogens with zero attached hydrogens (tertiary/aromatic N) is 2. The largest absolute Gasteiger partial charge is 0.380 e. The number of rotatable bonds is 7. The van der Waals surface area contributed by atoms with Gasteiger partial charge in [0.25, 0.3) is 0 Å². The molecule has 0 saturated carbocycles. The molecule has 4 heteroatoms. The van der Waals surface area contributed by atoms with E-state index >= 15 is 0 Å². The molecule has 1 aliphatic heterocycles. The van der Waals surface area contributed by atoms with Crippen molar-refractivity contribution in [1.82, 2.24) is 15.2 Å². The molecule has 0 bridgehead atoms. The average molecular weight is 277 g/mol. The Kier molecular flexibility index (Phi) is 6.43. The molecule has 1 aromatic rings. The Balaban J connectivity index is 1.87. The number of ether oxygens (including phenoxy) is 1. The monoisotopic (exact) mass is 277 g/mol. The number of aromatic nitrogens is 1. The van der Waals surface area contributed by atoms with Crippen LogP contribution in [0.2, 0.25) is 0 Å². The fourth-order valence-corrected chi connectivity index (χ4v) is 2.69. The molecule has 20 heavy (non-hydrogen) atoms. The first kappa shape index (κ1) is 15.4. The van der Waals surface area contributed by atoms with Crippen LogP contribution in [0.15, 0.2) is 18.2 Å². The van der Waals surface area contributed by atoms with E-state index in [-0.39, 0.29) is 0 Å². The van der Waals surface area contributed by atoms with Crippen LogP contribution in [-0.4, -0.2) is 42.7 Å². The molecule has 0 spiro atoms. The quantitative estimate of drug-likeness (QED) is 0.775. The summed E-state index contributed by atoms with van der Waals surface area (Å²) in [5.74, 6) is 0. The van der Waals surface area contributed by atoms with E-state index < -0.39 is 0 Å². The Morgan fingerprint density at radius 3 is 3.05 bits per heavy atom. The summed E-state index contributed by atoms with van der Waals surface area (Å²) < 4.78 is 5.48. The fraction of sp³-hybridized carbons (Fsp3) is 0.688. The van der Waals surface area contributed by atoms with Gasteiger partial charge in [-0.1, -0.05) is 13.0 Å². The molecule has 2 heterocycles. The summed E-state index contributed by atoms with van der Waals surface area (Å²) in [6, 6.07) is 6.34. The first-order valence-electron chi connectivity index (χ1n) is 7.72. The zero-order valence-electron chi connectivity index (χ0n) is 12.8. The van der Waals surface area contributed by atoms with Crippen LogP contribution in [-0.2, 0) is 17.8 Å². The lowest BCUT2D eigenvalue weighted by Gasteiger charge is -2.31. The minimum absolute atomic E-state index is 0.387. The molecule has 2 rings (SSSR count). The second-order valence-corrected chi connectivity index (χ2v) is 5.53. The smallest absolute Gasteiger partial charge is 0.0698 e. The van der Waals surface area contributed by atoms with E-state index in [1.165, 1.54) is 12.8 Å². The van der Waals surface area contributed by atoms with Crippen molar-refractivity contribution in [3.8, 4) is 0 Å². The second kappa shape index (κ2) is 8.35. The lowest BCUT2D eigenvalue weighted by molar-refractivity contribution is 0.0281. The molecule has 1 fully saturated rings. The van der Waals surface area contributed by atoms with Crippen LogP contribution in [0.4, 0.5) is 0 Å². The summed E-state index contributed by atoms with van der Waals surface area (Å²) in [4.78, 5) is 7.19. The summed E-state index contributed by atoms with van der Waals surface area (Å²) >= 11 is 0. The van der Waals surface area contributed by atoms with Crippen LogP contribution in [0.3, 0.4) is 0 Å². The summed E-state index contributed by atoms with van der Waals surface area (Å²) in [5.41, 5.74) is 2.30. The number of methoxy groups -OCH3 is 1. The molecular formula is C16H27N3O. The number of pyridine rings is 1. The third-order valence-electron chi connectivity index (χ3n) is 3.78. The second-order valence-electron chi connectivity index (χ2n) is 5.53. The third kappa shape index (κ3) is 4.85. The molecule has 1 N–H and O–H groups in total. The van der Waals surface area contributed by atoms with Gasteiger partial charge in [-0.05, 0) is 44.5 Å². The van der Waals surface area contributed by atoms with Gasteiger partial charge in [0, 0.05) is 26.7 Å². The van der Waals surface area contributed by atoms with Crippen LogP contribution in [0.1, 0.15) is 37.6 Å². The van der Waals surface area contributed by atoms with Gasteiger partial charge in [0.05, 0.1) is 17.5 Å². The number of hydrogen-bond donors (Lipinski definition) is 1. The standard InChI is InChI=1S/C16H27N3O/c1-3-9-17-11-14-6-4-7-15(18-14)12-19-10-5-8-16(13-19)20-2/h4,6-7,16-17H,3,5,8-13H2,1-2H3. The normalized spacial score (nSPS) is 20.2. The molecule has 0 radical (unpaired) electrons. The van der Waals surface area contributed by atoms with Crippen molar-refractivity contribution in [3.63, 3.8) is 0 Å². The molecule has 0 aromatic carbocycles. The average Bonchev–Trinajstić information content (AvgIpc) is 2.48. The number of hydrogen-bond acceptors (Lipinski definition) is 4. The first-order chi connectivity index (χ1) is 9.81. The van der Waals surface area contributed by atoms with Gasteiger partial charge in [-0.25, -0.2) is 0 Å². The maximum absolute atomic E-state index is 5.48. The number of nitrogens with one attached hydrogen (secondary N) is 1. The molecule has 1 aliphatic rings. The SMILES string of the molecule is CCCNCc1cccc(CN2CCCC(OC)C2)n1. The minimum Gasteiger partial charge on any atom is -0.380 e. The van der Waals surface area contributed by atoms with E-state index in [9.17, 15) is 0 Å². The van der Waals surface area contributed by atoms with Gasteiger partial charge in [0.1, 0.15) is 0 Å². The summed E-state index contributed by atoms with van der Waals surface area (Å²) in [5, 5.41) is 3.40. The molecule has 1 saturated heterocycles. The van der Waals surface area contributed by atoms with Crippen LogP contribution >= 0.6 is 0 Å². The topological polar surface area (TPSA) is 37.4 Å². The van der Waals surface area contributed by atoms with E-state index in [0.717, 1.165) is 50.5 Å². The molecule has 1 aromatic heterocycles. The maximum Gasteiger partial charge on any atom is 0.0698 e. The van der Waals surface area contributed by atoms with Crippen molar-refractivity contribution in [3.05, 3.63) is 29.6 Å². The van der Waals surface area contributed by atoms with Crippen molar-refractivity contribution in [2.75, 3.05) is 26.7 Å². The van der Waals surface area contributed by atoms with Gasteiger partial charge < -0.3 is 10.1 Å². The number of likely N-dealkylation sites (tertiary alicyclic amines) is 1. The highest BCUT2D eigenvalue weighted by atomic mass is 16.5. The van der Waals surface area contributed by atoms with Crippen LogP contribution in [0, 0.1) is 0 Å². The van der Waals surface area contributed by atoms with Gasteiger partial charge in [-0.2, -0.15) is 0 Å². The predicted molar refractivity (Wildman–Crippen MR) is 81.5 cm³/mol. The van der Waals surface area contributed by atoms with E-state index in [1.54, 1.807) is 0 Å². The van der Waals surface area contributed by atoms with Crippen LogP contribution in [0.5, 0.6) is 0 Å². The molecule has 0 amide bonds. The van der Waals surface area contributed by atoms with Crippen molar-refractivity contribution in [2.45, 2.75) is 45.4 Å². The van der Waals surface area contributed by atoms with Gasteiger partial charge in [-0.3, -0.25) is 9.88 Å². The Bertz CT molecular complexity index is 397. The Morgan fingerprint density at radius 2 is 2.25 bits per heavy atom. The van der Waals surface area contributed by atoms with Crippen LogP contribution < -0.4 is 5.32 Å². The summed E-state index contributed by atoms with van der Waals surface area (Å²) in [6.45, 7) is 7.20. The van der Waals surface area contributed by atoms with E-state index in [2.05, 4.69) is 35.3 Å². The predicted octanol–water partition coefficient (Wildman–Crippen LogP) is 2.19. The number of piperidine rings is 1. The molecule has 0 aliphatic carbocycles. The maximum atomic E-state index is 5.48. The van der Waals surface area contributed by atoms with Crippen molar-refractivity contribution in [2.24, 2.45) is 0 Å². The van der Waals surface area contributed by atoms with E-state index in [1.807, 2.05) is 7.11 Å². The fourth-order valence-electron chi connectivity index (χ4n) is 2.69. The van der Waals surface area contributed by atoms with Crippen LogP contribution in [0.25, 0.3) is 0 Å². The van der Waals surface area contributed by atoms with Gasteiger partial charge in [0.15, 0.2) is 0 Å². The zero-order chi connectivity index (χ0) is 14.2. The highest BCUT2D eigenvalue weighted by Crippen LogP contribution is 2.14. The van der Waals surface area contributed by atoms with Gasteiger partial charge >= 0.3 is 0 Å². The Hall–Kier alpha value is -0.970. The molecule has 1 unspecified atom stereocenters. The summed E-state index contributed by atoms with van der Waals surface area (Å²) in [7, 11) is 1.81. The highest BCUT2D eigenvalue weighted by molar-refractivity contribution is 5.11. The third-order valence-corrected chi connectivity index (χ3v) is 3.78. The van der Waals surface area contributed by atoms with Gasteiger partial charge in [-0.15, -0.1) is 0 Å². The zero-order valence-corrected chi connectivity index (χ0v) is 12.8. The molecular weight excluding hydrogens is 250 g/mol. The van der Waals surface area contributed by atoms with Crippen molar-refractivity contribution >= 4 is 0 Å². The minimum atomic E-state index is 0.387. The Labute approximate surface area is 122 Å². The lowest BCUT2D eigenvalue weighted by Crippen LogP contribution is -2.38. The Morgan fingerprint density at radius 1 is 1.40 bits per heavy atom. The molecule has 112 valence electrons. The summed E-state index contributed by atoms with van der Waals surface area (Å²) in [6.07, 6.45) is 3.95. The highest BCUT2D eigenvalue weighted by Gasteiger charge is 2.19. The van der Waals surface area contributed by atoms with Crippen molar-refractivity contribution < 1.29 is 4.74 Å². The molecule has 4 nitrogen and oxygen atoms in total. The first-order valence-corrected chi connectivity index (χ1v) is 7.72. The van der Waals surface area contributed by atoms with E-state index in [4.69, 9.17) is 9.72 Å². The van der Waals surface area contributed by atoms with Gasteiger partial charge in [0.2, 0.25) is 0 Å². The van der Waals surface area contributed by atoms with Crippen molar-refractivity contribution in [1.29, 1.82) is 0 Å². The lowest BCUT2D eigenvalue weighted by atomic mass is 10.1. The molecule has 1 atom stereocenters.